The topological polar surface area (TPSA) is 57.7 Å². The molecule has 3 aromatic heterocycles. The van der Waals surface area contributed by atoms with Crippen LogP contribution in [0.3, 0.4) is 0 Å². The Kier molecular flexibility index (Phi) is 4.85. The molecular formula is C22H29N5. The quantitative estimate of drug-likeness (QED) is 0.685. The van der Waals surface area contributed by atoms with Crippen LogP contribution in [0.25, 0.3) is 11.0 Å². The lowest BCUT2D eigenvalue weighted by molar-refractivity contribution is 0.234. The van der Waals surface area contributed by atoms with Crippen LogP contribution in [0.15, 0.2) is 30.9 Å². The molecule has 27 heavy (non-hydrogen) atoms. The van der Waals surface area contributed by atoms with Gasteiger partial charge < -0.3 is 9.88 Å². The highest BCUT2D eigenvalue weighted by molar-refractivity contribution is 5.87. The molecule has 5 nitrogen and oxygen atoms in total. The maximum atomic E-state index is 4.53. The number of hydrogen-bond donors (Lipinski definition) is 1. The summed E-state index contributed by atoms with van der Waals surface area (Å²) >= 11 is 0. The van der Waals surface area contributed by atoms with E-state index in [2.05, 4.69) is 64.8 Å². The van der Waals surface area contributed by atoms with Gasteiger partial charge in [0.2, 0.25) is 0 Å². The van der Waals surface area contributed by atoms with E-state index in [1.807, 2.05) is 12.4 Å². The first-order valence-electron chi connectivity index (χ1n) is 9.97. The molecule has 1 saturated carbocycles. The zero-order valence-corrected chi connectivity index (χ0v) is 16.7. The molecule has 0 spiro atoms. The van der Waals surface area contributed by atoms with Gasteiger partial charge in [-0.25, -0.2) is 9.97 Å². The summed E-state index contributed by atoms with van der Waals surface area (Å²) in [4.78, 5) is 18.9. The smallest absolute Gasteiger partial charge is 0.142 e. The number of hydrogen-bond acceptors (Lipinski definition) is 4. The van der Waals surface area contributed by atoms with Crippen LogP contribution in [0.2, 0.25) is 0 Å². The van der Waals surface area contributed by atoms with E-state index in [1.54, 1.807) is 6.33 Å². The van der Waals surface area contributed by atoms with Crippen molar-refractivity contribution in [3.63, 3.8) is 0 Å². The predicted octanol–water partition coefficient (Wildman–Crippen LogP) is 4.77. The fraction of sp³-hybridized carbons (Fsp3) is 0.500. The minimum atomic E-state index is 0.579. The first-order chi connectivity index (χ1) is 13.0. The third-order valence-electron chi connectivity index (χ3n) is 6.23. The van der Waals surface area contributed by atoms with E-state index in [9.17, 15) is 0 Å². The molecule has 0 saturated heterocycles. The van der Waals surface area contributed by atoms with Crippen molar-refractivity contribution in [2.75, 3.05) is 11.9 Å². The Morgan fingerprint density at radius 3 is 2.85 bits per heavy atom. The molecule has 3 aromatic rings. The second-order valence-corrected chi connectivity index (χ2v) is 8.21. The number of fused-ring (bicyclic) bond motifs is 1. The number of aryl methyl sites for hydroxylation is 2. The third kappa shape index (κ3) is 3.55. The van der Waals surface area contributed by atoms with E-state index in [0.717, 1.165) is 22.8 Å². The highest BCUT2D eigenvalue weighted by atomic mass is 15.2. The fourth-order valence-corrected chi connectivity index (χ4v) is 4.37. The summed E-state index contributed by atoms with van der Waals surface area (Å²) in [6.45, 7) is 6.60. The monoisotopic (exact) mass is 363 g/mol. The van der Waals surface area contributed by atoms with Crippen molar-refractivity contribution in [3.05, 3.63) is 47.7 Å². The van der Waals surface area contributed by atoms with Gasteiger partial charge >= 0.3 is 0 Å². The molecule has 0 amide bonds. The van der Waals surface area contributed by atoms with Crippen molar-refractivity contribution >= 4 is 16.9 Å². The molecule has 1 atom stereocenters. The van der Waals surface area contributed by atoms with Gasteiger partial charge in [-0.05, 0) is 68.6 Å². The van der Waals surface area contributed by atoms with Gasteiger partial charge in [-0.1, -0.05) is 13.0 Å². The lowest BCUT2D eigenvalue weighted by atomic mass is 9.75. The molecule has 1 N–H and O–H groups in total. The SMILES string of the molecule is Cc1cnc(C)c(C(C)CCC2CC(N(C)c3ncnc4[nH]ccc34)C2)c1. The van der Waals surface area contributed by atoms with Crippen LogP contribution in [0.1, 0.15) is 55.3 Å². The highest BCUT2D eigenvalue weighted by Gasteiger charge is 2.33. The summed E-state index contributed by atoms with van der Waals surface area (Å²) in [6, 6.07) is 4.96. The Morgan fingerprint density at radius 1 is 1.22 bits per heavy atom. The molecule has 3 heterocycles. The number of aromatic amines is 1. The van der Waals surface area contributed by atoms with Crippen molar-refractivity contribution in [2.45, 2.75) is 58.4 Å². The largest absolute Gasteiger partial charge is 0.356 e. The maximum absolute atomic E-state index is 4.53. The molecule has 1 unspecified atom stereocenters. The Bertz CT molecular complexity index is 925. The zero-order valence-electron chi connectivity index (χ0n) is 16.7. The summed E-state index contributed by atoms with van der Waals surface area (Å²) in [5.74, 6) is 2.44. The average Bonchev–Trinajstić information content (AvgIpc) is 3.10. The van der Waals surface area contributed by atoms with Gasteiger partial charge in [-0.3, -0.25) is 4.98 Å². The Hall–Kier alpha value is -2.43. The minimum Gasteiger partial charge on any atom is -0.356 e. The number of nitrogens with one attached hydrogen (secondary N) is 1. The molecule has 1 aliphatic rings. The van der Waals surface area contributed by atoms with Crippen LogP contribution in [-0.2, 0) is 0 Å². The van der Waals surface area contributed by atoms with Gasteiger partial charge in [0.05, 0.1) is 5.39 Å². The van der Waals surface area contributed by atoms with Crippen LogP contribution in [0.4, 0.5) is 5.82 Å². The summed E-state index contributed by atoms with van der Waals surface area (Å²) in [6.07, 6.45) is 10.6. The molecule has 0 aromatic carbocycles. The van der Waals surface area contributed by atoms with Crippen molar-refractivity contribution in [2.24, 2.45) is 5.92 Å². The van der Waals surface area contributed by atoms with Gasteiger partial charge in [0, 0.05) is 31.2 Å². The van der Waals surface area contributed by atoms with Gasteiger partial charge in [0.1, 0.15) is 17.8 Å². The molecular weight excluding hydrogens is 334 g/mol. The molecule has 0 bridgehead atoms. The first kappa shape index (κ1) is 18.0. The van der Waals surface area contributed by atoms with Crippen LogP contribution in [0, 0.1) is 19.8 Å². The van der Waals surface area contributed by atoms with Gasteiger partial charge in [-0.15, -0.1) is 0 Å². The number of anilines is 1. The van der Waals surface area contributed by atoms with E-state index in [0.29, 0.717) is 12.0 Å². The lowest BCUT2D eigenvalue weighted by Crippen LogP contribution is -2.43. The second kappa shape index (κ2) is 7.29. The van der Waals surface area contributed by atoms with Crippen LogP contribution < -0.4 is 4.90 Å². The Labute approximate surface area is 161 Å². The van der Waals surface area contributed by atoms with Crippen molar-refractivity contribution in [3.8, 4) is 0 Å². The summed E-state index contributed by atoms with van der Waals surface area (Å²) in [7, 11) is 2.17. The Morgan fingerprint density at radius 2 is 2.04 bits per heavy atom. The second-order valence-electron chi connectivity index (χ2n) is 8.21. The van der Waals surface area contributed by atoms with E-state index in [1.165, 1.54) is 42.5 Å². The number of H-pyrrole nitrogens is 1. The van der Waals surface area contributed by atoms with Crippen molar-refractivity contribution in [1.82, 2.24) is 19.9 Å². The lowest BCUT2D eigenvalue weighted by Gasteiger charge is -2.42. The molecule has 0 radical (unpaired) electrons. The van der Waals surface area contributed by atoms with Crippen LogP contribution in [0.5, 0.6) is 0 Å². The van der Waals surface area contributed by atoms with E-state index >= 15 is 0 Å². The standard InChI is InChI=1S/C22H29N5/c1-14-9-20(16(3)24-12-14)15(2)5-6-17-10-18(11-17)27(4)22-19-7-8-23-21(19)25-13-26-22/h7-9,12-13,15,17-18H,5-6,10-11H2,1-4H3,(H,23,25,26). The zero-order chi connectivity index (χ0) is 19.0. The molecule has 5 heteroatoms. The van der Waals surface area contributed by atoms with E-state index in [-0.39, 0.29) is 0 Å². The maximum Gasteiger partial charge on any atom is 0.142 e. The number of aromatic nitrogens is 4. The molecule has 142 valence electrons. The first-order valence-corrected chi connectivity index (χ1v) is 9.97. The molecule has 1 aliphatic carbocycles. The van der Waals surface area contributed by atoms with Gasteiger partial charge in [0.25, 0.3) is 0 Å². The predicted molar refractivity (Wildman–Crippen MR) is 110 cm³/mol. The average molecular weight is 364 g/mol. The fourth-order valence-electron chi connectivity index (χ4n) is 4.37. The molecule has 0 aliphatic heterocycles. The normalized spacial score (nSPS) is 20.4. The minimum absolute atomic E-state index is 0.579. The van der Waals surface area contributed by atoms with E-state index in [4.69, 9.17) is 0 Å². The number of rotatable bonds is 6. The summed E-state index contributed by atoms with van der Waals surface area (Å²) in [5, 5.41) is 1.11. The van der Waals surface area contributed by atoms with E-state index < -0.39 is 0 Å². The third-order valence-corrected chi connectivity index (χ3v) is 6.23. The number of nitrogens with zero attached hydrogens (tertiary/aromatic N) is 4. The summed E-state index contributed by atoms with van der Waals surface area (Å²) in [5.41, 5.74) is 4.77. The van der Waals surface area contributed by atoms with Crippen LogP contribution >= 0.6 is 0 Å². The number of pyridine rings is 1. The van der Waals surface area contributed by atoms with Gasteiger partial charge in [0.15, 0.2) is 0 Å². The van der Waals surface area contributed by atoms with Gasteiger partial charge in [-0.2, -0.15) is 0 Å². The molecule has 1 fully saturated rings. The van der Waals surface area contributed by atoms with Crippen molar-refractivity contribution in [1.29, 1.82) is 0 Å². The summed E-state index contributed by atoms with van der Waals surface area (Å²) < 4.78 is 0. The highest BCUT2D eigenvalue weighted by Crippen LogP contribution is 2.39. The molecule has 4 rings (SSSR count). The van der Waals surface area contributed by atoms with Crippen LogP contribution in [-0.4, -0.2) is 33.0 Å². The van der Waals surface area contributed by atoms with Crippen molar-refractivity contribution < 1.29 is 0 Å². The Balaban J connectivity index is 1.32.